The lowest BCUT2D eigenvalue weighted by molar-refractivity contribution is 0.417. The second-order valence-electron chi connectivity index (χ2n) is 4.47. The van der Waals surface area contributed by atoms with Gasteiger partial charge in [-0.25, -0.2) is 8.42 Å². The molecular weight excluding hydrogens is 300 g/mol. The van der Waals surface area contributed by atoms with Gasteiger partial charge >= 0.3 is 0 Å². The first-order valence-electron chi connectivity index (χ1n) is 6.45. The molecule has 1 rings (SSSR count). The molecule has 0 aliphatic carbocycles. The molecule has 1 aromatic rings. The molecule has 1 aromatic carbocycles. The van der Waals surface area contributed by atoms with Gasteiger partial charge in [0.25, 0.3) is 0 Å². The SMILES string of the molecule is CCCNCCS(=O)(=O)Nc1cc(C)c(Cl)cc1OC. The first-order chi connectivity index (χ1) is 9.39. The van der Waals surface area contributed by atoms with E-state index in [0.717, 1.165) is 18.5 Å². The van der Waals surface area contributed by atoms with Crippen molar-refractivity contribution >= 4 is 27.3 Å². The molecule has 0 radical (unpaired) electrons. The van der Waals surface area contributed by atoms with Gasteiger partial charge in [0.15, 0.2) is 0 Å². The van der Waals surface area contributed by atoms with Crippen LogP contribution in [0.1, 0.15) is 18.9 Å². The molecule has 0 saturated carbocycles. The molecule has 114 valence electrons. The number of hydrogen-bond acceptors (Lipinski definition) is 4. The standard InChI is InChI=1S/C13H21ClN2O3S/c1-4-5-15-6-7-20(17,18)16-12-8-10(2)11(14)9-13(12)19-3/h8-9,15-16H,4-7H2,1-3H3. The lowest BCUT2D eigenvalue weighted by Gasteiger charge is -2.13. The zero-order chi connectivity index (χ0) is 15.2. The normalized spacial score (nSPS) is 11.4. The highest BCUT2D eigenvalue weighted by atomic mass is 35.5. The second kappa shape index (κ2) is 7.71. The number of hydrogen-bond donors (Lipinski definition) is 2. The van der Waals surface area contributed by atoms with Gasteiger partial charge in [-0.1, -0.05) is 18.5 Å². The molecule has 5 nitrogen and oxygen atoms in total. The van der Waals surface area contributed by atoms with Gasteiger partial charge in [-0.05, 0) is 31.5 Å². The Morgan fingerprint density at radius 1 is 1.30 bits per heavy atom. The van der Waals surface area contributed by atoms with Crippen molar-refractivity contribution in [2.75, 3.05) is 30.7 Å². The summed E-state index contributed by atoms with van der Waals surface area (Å²) in [6.45, 7) is 5.06. The van der Waals surface area contributed by atoms with E-state index in [4.69, 9.17) is 16.3 Å². The van der Waals surface area contributed by atoms with Crippen molar-refractivity contribution in [3.05, 3.63) is 22.7 Å². The predicted octanol–water partition coefficient (Wildman–Crippen LogP) is 2.40. The Balaban J connectivity index is 2.78. The predicted molar refractivity (Wildman–Crippen MR) is 83.3 cm³/mol. The molecule has 0 fully saturated rings. The van der Waals surface area contributed by atoms with Crippen LogP contribution in [0.2, 0.25) is 5.02 Å². The minimum absolute atomic E-state index is 0.0117. The number of aryl methyl sites for hydroxylation is 1. The van der Waals surface area contributed by atoms with Crippen molar-refractivity contribution < 1.29 is 13.2 Å². The van der Waals surface area contributed by atoms with Gasteiger partial charge in [0, 0.05) is 17.6 Å². The Morgan fingerprint density at radius 2 is 2.00 bits per heavy atom. The third-order valence-corrected chi connectivity index (χ3v) is 4.40. The number of sulfonamides is 1. The van der Waals surface area contributed by atoms with Crippen LogP contribution in [-0.2, 0) is 10.0 Å². The van der Waals surface area contributed by atoms with Gasteiger partial charge in [0.05, 0.1) is 18.6 Å². The fraction of sp³-hybridized carbons (Fsp3) is 0.538. The highest BCUT2D eigenvalue weighted by molar-refractivity contribution is 7.92. The molecule has 0 saturated heterocycles. The van der Waals surface area contributed by atoms with Crippen molar-refractivity contribution in [1.29, 1.82) is 0 Å². The lowest BCUT2D eigenvalue weighted by atomic mass is 10.2. The molecule has 0 aromatic heterocycles. The summed E-state index contributed by atoms with van der Waals surface area (Å²) in [6.07, 6.45) is 0.970. The Morgan fingerprint density at radius 3 is 2.60 bits per heavy atom. The summed E-state index contributed by atoms with van der Waals surface area (Å²) in [6, 6.07) is 3.27. The van der Waals surface area contributed by atoms with Crippen LogP contribution in [0, 0.1) is 6.92 Å². The zero-order valence-corrected chi connectivity index (χ0v) is 13.6. The molecule has 0 aliphatic heterocycles. The number of ether oxygens (including phenoxy) is 1. The molecule has 0 aliphatic rings. The number of rotatable bonds is 8. The van der Waals surface area contributed by atoms with Gasteiger partial charge in [-0.15, -0.1) is 0 Å². The maximum Gasteiger partial charge on any atom is 0.234 e. The summed E-state index contributed by atoms with van der Waals surface area (Å²) in [5, 5.41) is 3.59. The van der Waals surface area contributed by atoms with E-state index in [1.165, 1.54) is 7.11 Å². The van der Waals surface area contributed by atoms with Crippen LogP contribution < -0.4 is 14.8 Å². The van der Waals surface area contributed by atoms with E-state index in [1.807, 2.05) is 13.8 Å². The number of nitrogens with one attached hydrogen (secondary N) is 2. The number of benzene rings is 1. The number of halogens is 1. The molecule has 20 heavy (non-hydrogen) atoms. The Bertz CT molecular complexity index is 547. The third-order valence-electron chi connectivity index (χ3n) is 2.72. The maximum atomic E-state index is 12.0. The van der Waals surface area contributed by atoms with Crippen LogP contribution in [0.4, 0.5) is 5.69 Å². The van der Waals surface area contributed by atoms with Crippen molar-refractivity contribution in [3.8, 4) is 5.75 Å². The van der Waals surface area contributed by atoms with E-state index in [0.29, 0.717) is 23.0 Å². The third kappa shape index (κ3) is 5.19. The molecule has 0 heterocycles. The van der Waals surface area contributed by atoms with Crippen LogP contribution in [0.3, 0.4) is 0 Å². The fourth-order valence-electron chi connectivity index (χ4n) is 1.64. The first kappa shape index (κ1) is 17.1. The van der Waals surface area contributed by atoms with E-state index in [2.05, 4.69) is 10.0 Å². The van der Waals surface area contributed by atoms with Crippen LogP contribution in [0.5, 0.6) is 5.75 Å². The van der Waals surface area contributed by atoms with Crippen LogP contribution in [-0.4, -0.2) is 34.4 Å². The Labute approximate surface area is 125 Å². The quantitative estimate of drug-likeness (QED) is 0.722. The van der Waals surface area contributed by atoms with Gasteiger partial charge in [-0.3, -0.25) is 4.72 Å². The fourth-order valence-corrected chi connectivity index (χ4v) is 2.80. The molecule has 0 spiro atoms. The summed E-state index contributed by atoms with van der Waals surface area (Å²) in [5.74, 6) is 0.420. The highest BCUT2D eigenvalue weighted by Crippen LogP contribution is 2.31. The van der Waals surface area contributed by atoms with Crippen molar-refractivity contribution in [2.45, 2.75) is 20.3 Å². The summed E-state index contributed by atoms with van der Waals surface area (Å²) >= 11 is 5.99. The number of anilines is 1. The van der Waals surface area contributed by atoms with Crippen molar-refractivity contribution in [2.24, 2.45) is 0 Å². The van der Waals surface area contributed by atoms with E-state index in [-0.39, 0.29) is 5.75 Å². The van der Waals surface area contributed by atoms with E-state index < -0.39 is 10.0 Å². The van der Waals surface area contributed by atoms with Crippen LogP contribution >= 0.6 is 11.6 Å². The van der Waals surface area contributed by atoms with Gasteiger partial charge < -0.3 is 10.1 Å². The first-order valence-corrected chi connectivity index (χ1v) is 8.48. The van der Waals surface area contributed by atoms with E-state index in [1.54, 1.807) is 12.1 Å². The van der Waals surface area contributed by atoms with E-state index >= 15 is 0 Å². The molecule has 7 heteroatoms. The average molecular weight is 321 g/mol. The largest absolute Gasteiger partial charge is 0.495 e. The molecule has 0 unspecified atom stereocenters. The van der Waals surface area contributed by atoms with Crippen LogP contribution in [0.15, 0.2) is 12.1 Å². The van der Waals surface area contributed by atoms with Crippen molar-refractivity contribution in [3.63, 3.8) is 0 Å². The molecular formula is C13H21ClN2O3S. The topological polar surface area (TPSA) is 67.4 Å². The monoisotopic (exact) mass is 320 g/mol. The number of methoxy groups -OCH3 is 1. The highest BCUT2D eigenvalue weighted by Gasteiger charge is 2.14. The Kier molecular flexibility index (Phi) is 6.58. The average Bonchev–Trinajstić information content (AvgIpc) is 2.38. The van der Waals surface area contributed by atoms with Gasteiger partial charge in [0.2, 0.25) is 10.0 Å². The van der Waals surface area contributed by atoms with Crippen LogP contribution in [0.25, 0.3) is 0 Å². The smallest absolute Gasteiger partial charge is 0.234 e. The lowest BCUT2D eigenvalue weighted by Crippen LogP contribution is -2.27. The maximum absolute atomic E-state index is 12.0. The minimum Gasteiger partial charge on any atom is -0.495 e. The zero-order valence-electron chi connectivity index (χ0n) is 12.0. The molecule has 0 amide bonds. The summed E-state index contributed by atoms with van der Waals surface area (Å²) < 4.78 is 31.7. The molecule has 0 bridgehead atoms. The van der Waals surface area contributed by atoms with E-state index in [9.17, 15) is 8.42 Å². The van der Waals surface area contributed by atoms with Crippen molar-refractivity contribution in [1.82, 2.24) is 5.32 Å². The molecule has 2 N–H and O–H groups in total. The second-order valence-corrected chi connectivity index (χ2v) is 6.72. The molecule has 0 atom stereocenters. The minimum atomic E-state index is -3.41. The van der Waals surface area contributed by atoms with Gasteiger partial charge in [0.1, 0.15) is 5.75 Å². The summed E-state index contributed by atoms with van der Waals surface area (Å²) in [7, 11) is -1.94. The summed E-state index contributed by atoms with van der Waals surface area (Å²) in [4.78, 5) is 0. The van der Waals surface area contributed by atoms with Gasteiger partial charge in [-0.2, -0.15) is 0 Å². The Hall–Kier alpha value is -0.980. The summed E-state index contributed by atoms with van der Waals surface area (Å²) in [5.41, 5.74) is 1.19.